The van der Waals surface area contributed by atoms with Crippen molar-refractivity contribution in [3.8, 4) is 28.8 Å². The Morgan fingerprint density at radius 1 is 0.867 bits per heavy atom. The summed E-state index contributed by atoms with van der Waals surface area (Å²) in [7, 11) is 0. The molecule has 0 unspecified atom stereocenters. The lowest BCUT2D eigenvalue weighted by atomic mass is 10.2. The molecule has 4 aromatic rings. The van der Waals surface area contributed by atoms with Crippen LogP contribution in [0.2, 0.25) is 0 Å². The molecule has 4 rings (SSSR count). The summed E-state index contributed by atoms with van der Waals surface area (Å²) in [4.78, 5) is 24.7. The molecular weight excluding hydrogens is 396 g/mol. The topological polar surface area (TPSA) is 148 Å². The van der Waals surface area contributed by atoms with E-state index in [0.717, 1.165) is 0 Å². The third-order valence-corrected chi connectivity index (χ3v) is 4.06. The van der Waals surface area contributed by atoms with Crippen LogP contribution in [0.3, 0.4) is 0 Å². The van der Waals surface area contributed by atoms with Crippen molar-refractivity contribution in [1.82, 2.24) is 10.1 Å². The summed E-state index contributed by atoms with van der Waals surface area (Å²) in [6.07, 6.45) is 0. The van der Waals surface area contributed by atoms with Gasteiger partial charge in [0.15, 0.2) is 5.76 Å². The molecular formula is C19H12N4O7. The van der Waals surface area contributed by atoms with E-state index in [4.69, 9.17) is 13.7 Å². The van der Waals surface area contributed by atoms with Gasteiger partial charge in [-0.25, -0.2) is 0 Å². The lowest BCUT2D eigenvalue weighted by Crippen LogP contribution is -1.94. The smallest absolute Gasteiger partial charge is 0.293 e. The van der Waals surface area contributed by atoms with E-state index < -0.39 is 9.85 Å². The van der Waals surface area contributed by atoms with Crippen molar-refractivity contribution in [1.29, 1.82) is 0 Å². The summed E-state index contributed by atoms with van der Waals surface area (Å²) in [5.74, 6) is 1.68. The first kappa shape index (κ1) is 18.8. The van der Waals surface area contributed by atoms with Gasteiger partial charge in [-0.15, -0.1) is 0 Å². The number of nitro benzene ring substituents is 2. The number of aromatic nitrogens is 2. The Bertz CT molecular complexity index is 1200. The third kappa shape index (κ3) is 3.99. The van der Waals surface area contributed by atoms with Crippen molar-refractivity contribution in [2.45, 2.75) is 6.61 Å². The zero-order valence-corrected chi connectivity index (χ0v) is 15.1. The molecule has 0 fully saturated rings. The molecule has 11 heteroatoms. The maximum Gasteiger partial charge on any atom is 0.293 e. The van der Waals surface area contributed by atoms with Crippen LogP contribution in [-0.4, -0.2) is 20.0 Å². The predicted molar refractivity (Wildman–Crippen MR) is 102 cm³/mol. The first-order valence-electron chi connectivity index (χ1n) is 8.54. The van der Waals surface area contributed by atoms with Crippen LogP contribution in [-0.2, 0) is 6.61 Å². The highest BCUT2D eigenvalue weighted by atomic mass is 16.6. The second-order valence-corrected chi connectivity index (χ2v) is 6.03. The number of furan rings is 1. The number of non-ortho nitro benzene ring substituents is 2. The average Bonchev–Trinajstić information content (AvgIpc) is 3.42. The van der Waals surface area contributed by atoms with Crippen LogP contribution in [0.25, 0.3) is 23.0 Å². The van der Waals surface area contributed by atoms with Gasteiger partial charge in [-0.3, -0.25) is 20.2 Å². The number of nitro groups is 2. The molecule has 150 valence electrons. The molecule has 2 heterocycles. The molecule has 0 saturated carbocycles. The molecule has 11 nitrogen and oxygen atoms in total. The lowest BCUT2D eigenvalue weighted by Gasteiger charge is -2.03. The van der Waals surface area contributed by atoms with E-state index in [0.29, 0.717) is 22.8 Å². The summed E-state index contributed by atoms with van der Waals surface area (Å²) in [5.41, 5.74) is 0.498. The van der Waals surface area contributed by atoms with E-state index >= 15 is 0 Å². The number of rotatable bonds is 7. The van der Waals surface area contributed by atoms with Crippen LogP contribution in [0.5, 0.6) is 5.75 Å². The zero-order chi connectivity index (χ0) is 21.1. The maximum absolute atomic E-state index is 10.7. The molecule has 0 spiro atoms. The summed E-state index contributed by atoms with van der Waals surface area (Å²) >= 11 is 0. The van der Waals surface area contributed by atoms with E-state index in [1.165, 1.54) is 48.5 Å². The van der Waals surface area contributed by atoms with Crippen molar-refractivity contribution in [2.24, 2.45) is 0 Å². The average molecular weight is 408 g/mol. The molecule has 0 aliphatic carbocycles. The van der Waals surface area contributed by atoms with Crippen LogP contribution < -0.4 is 4.74 Å². The minimum absolute atomic E-state index is 0.0251. The van der Waals surface area contributed by atoms with Gasteiger partial charge in [0.05, 0.1) is 9.85 Å². The Labute approximate surface area is 167 Å². The van der Waals surface area contributed by atoms with Crippen molar-refractivity contribution in [3.05, 3.63) is 86.7 Å². The molecule has 2 aromatic heterocycles. The predicted octanol–water partition coefficient (Wildman–Crippen LogP) is 4.39. The van der Waals surface area contributed by atoms with Crippen molar-refractivity contribution in [2.75, 3.05) is 0 Å². The van der Waals surface area contributed by atoms with Crippen LogP contribution in [0.15, 0.2) is 69.6 Å². The summed E-state index contributed by atoms with van der Waals surface area (Å²) < 4.78 is 16.4. The van der Waals surface area contributed by atoms with Gasteiger partial charge in [0, 0.05) is 29.8 Å². The molecule has 0 aliphatic heterocycles. The van der Waals surface area contributed by atoms with Gasteiger partial charge in [0.2, 0.25) is 5.82 Å². The van der Waals surface area contributed by atoms with E-state index in [9.17, 15) is 20.2 Å². The standard InChI is InChI=1S/C19H12N4O7/c24-22(25)13-3-1-12(2-4-13)18-20-19(30-21-18)17-10-9-16(29-17)11-28-15-7-5-14(6-8-15)23(26)27/h1-10H,11H2. The number of benzene rings is 2. The molecule has 0 atom stereocenters. The second kappa shape index (κ2) is 7.83. The van der Waals surface area contributed by atoms with Crippen molar-refractivity contribution < 1.29 is 23.5 Å². The van der Waals surface area contributed by atoms with Crippen LogP contribution in [0.4, 0.5) is 11.4 Å². The summed E-state index contributed by atoms with van der Waals surface area (Å²) in [6, 6.07) is 14.8. The second-order valence-electron chi connectivity index (χ2n) is 6.03. The zero-order valence-electron chi connectivity index (χ0n) is 15.1. The van der Waals surface area contributed by atoms with Gasteiger partial charge in [-0.2, -0.15) is 4.98 Å². The van der Waals surface area contributed by atoms with Crippen LogP contribution in [0, 0.1) is 20.2 Å². The fraction of sp³-hybridized carbons (Fsp3) is 0.0526. The van der Waals surface area contributed by atoms with E-state index in [1.807, 2.05) is 0 Å². The maximum atomic E-state index is 10.7. The van der Waals surface area contributed by atoms with E-state index in [2.05, 4.69) is 10.1 Å². The molecule has 0 N–H and O–H groups in total. The highest BCUT2D eigenvalue weighted by molar-refractivity contribution is 5.59. The molecule has 0 bridgehead atoms. The first-order chi connectivity index (χ1) is 14.5. The first-order valence-corrected chi connectivity index (χ1v) is 8.54. The molecule has 0 amide bonds. The third-order valence-electron chi connectivity index (χ3n) is 4.06. The molecule has 0 radical (unpaired) electrons. The summed E-state index contributed by atoms with van der Waals surface area (Å²) in [5, 5.41) is 25.3. The van der Waals surface area contributed by atoms with Crippen LogP contribution in [0.1, 0.15) is 5.76 Å². The Morgan fingerprint density at radius 3 is 2.13 bits per heavy atom. The Hall–Kier alpha value is -4.54. The highest BCUT2D eigenvalue weighted by Crippen LogP contribution is 2.26. The Morgan fingerprint density at radius 2 is 1.50 bits per heavy atom. The fourth-order valence-electron chi connectivity index (χ4n) is 2.56. The highest BCUT2D eigenvalue weighted by Gasteiger charge is 2.15. The molecule has 0 saturated heterocycles. The number of ether oxygens (including phenoxy) is 1. The number of hydrogen-bond acceptors (Lipinski definition) is 9. The van der Waals surface area contributed by atoms with Crippen molar-refractivity contribution >= 4 is 11.4 Å². The van der Waals surface area contributed by atoms with Gasteiger partial charge in [0.1, 0.15) is 18.1 Å². The minimum atomic E-state index is -0.491. The van der Waals surface area contributed by atoms with Crippen LogP contribution >= 0.6 is 0 Å². The Balaban J connectivity index is 1.42. The molecule has 30 heavy (non-hydrogen) atoms. The van der Waals surface area contributed by atoms with Gasteiger partial charge in [0.25, 0.3) is 17.3 Å². The van der Waals surface area contributed by atoms with Gasteiger partial charge >= 0.3 is 0 Å². The number of nitrogens with zero attached hydrogens (tertiary/aromatic N) is 4. The minimum Gasteiger partial charge on any atom is -0.486 e. The van der Waals surface area contributed by atoms with E-state index in [1.54, 1.807) is 12.1 Å². The quantitative estimate of drug-likeness (QED) is 0.320. The van der Waals surface area contributed by atoms with E-state index in [-0.39, 0.29) is 29.7 Å². The van der Waals surface area contributed by atoms with Gasteiger partial charge in [-0.1, -0.05) is 5.16 Å². The monoisotopic (exact) mass is 408 g/mol. The van der Waals surface area contributed by atoms with Gasteiger partial charge < -0.3 is 13.7 Å². The molecule has 0 aliphatic rings. The Kier molecular flexibility index (Phi) is 4.91. The molecule has 2 aromatic carbocycles. The van der Waals surface area contributed by atoms with Crippen molar-refractivity contribution in [3.63, 3.8) is 0 Å². The summed E-state index contributed by atoms with van der Waals surface area (Å²) in [6.45, 7) is 0.0984. The normalized spacial score (nSPS) is 10.7. The lowest BCUT2D eigenvalue weighted by molar-refractivity contribution is -0.385. The SMILES string of the molecule is O=[N+]([O-])c1ccc(OCc2ccc(-c3nc(-c4ccc([N+](=O)[O-])cc4)no3)o2)cc1. The largest absolute Gasteiger partial charge is 0.486 e. The fourth-order valence-corrected chi connectivity index (χ4v) is 2.56. The number of hydrogen-bond donors (Lipinski definition) is 0. The van der Waals surface area contributed by atoms with Gasteiger partial charge in [-0.05, 0) is 36.4 Å².